The largest absolute Gasteiger partial charge is 0.481 e. The first-order valence-electron chi connectivity index (χ1n) is 11.3. The van der Waals surface area contributed by atoms with E-state index in [0.717, 1.165) is 38.5 Å². The van der Waals surface area contributed by atoms with Crippen LogP contribution in [0, 0.1) is 10.8 Å². The number of unbranched alkanes of at least 4 members (excludes halogenated alkanes) is 2. The molecule has 2 rings (SSSR count). The molecule has 2 aromatic heterocycles. The fraction of sp³-hybridized carbons (Fsp3) is 0.538. The van der Waals surface area contributed by atoms with Crippen LogP contribution in [-0.2, 0) is 22.4 Å². The van der Waals surface area contributed by atoms with Crippen LogP contribution < -0.4 is 0 Å². The highest BCUT2D eigenvalue weighted by Crippen LogP contribution is 2.28. The van der Waals surface area contributed by atoms with Crippen molar-refractivity contribution in [1.29, 1.82) is 0 Å². The Morgan fingerprint density at radius 1 is 0.719 bits per heavy atom. The number of hydrogen-bond acceptors (Lipinski definition) is 4. The Morgan fingerprint density at radius 3 is 1.44 bits per heavy atom. The summed E-state index contributed by atoms with van der Waals surface area (Å²) in [5.41, 5.74) is -1.28. The van der Waals surface area contributed by atoms with Crippen molar-refractivity contribution in [2.45, 2.75) is 79.1 Å². The Kier molecular flexibility index (Phi) is 9.71. The second-order valence-electron chi connectivity index (χ2n) is 9.73. The van der Waals surface area contributed by atoms with E-state index in [9.17, 15) is 19.8 Å². The van der Waals surface area contributed by atoms with E-state index in [-0.39, 0.29) is 0 Å². The first-order valence-corrected chi connectivity index (χ1v) is 13.0. The molecule has 2 heterocycles. The van der Waals surface area contributed by atoms with E-state index >= 15 is 0 Å². The van der Waals surface area contributed by atoms with Gasteiger partial charge in [-0.1, -0.05) is 12.8 Å². The maximum absolute atomic E-state index is 11.2. The molecule has 2 aromatic rings. The number of carboxylic acid groups (broad SMARTS) is 2. The zero-order valence-corrected chi connectivity index (χ0v) is 21.3. The first-order chi connectivity index (χ1) is 15.0. The Hall–Kier alpha value is -1.92. The van der Waals surface area contributed by atoms with Gasteiger partial charge in [-0.2, -0.15) is 0 Å². The van der Waals surface area contributed by atoms with Crippen molar-refractivity contribution in [3.8, 4) is 0 Å². The third kappa shape index (κ3) is 8.55. The van der Waals surface area contributed by atoms with Crippen LogP contribution in [0.3, 0.4) is 0 Å². The van der Waals surface area contributed by atoms with Gasteiger partial charge in [0, 0.05) is 19.5 Å². The first kappa shape index (κ1) is 26.3. The highest BCUT2D eigenvalue weighted by atomic mass is 32.1. The predicted octanol–water partition coefficient (Wildman–Crippen LogP) is 7.63. The number of rotatable bonds is 14. The summed E-state index contributed by atoms with van der Waals surface area (Å²) in [6.45, 7) is 7.16. The van der Waals surface area contributed by atoms with Crippen molar-refractivity contribution in [1.82, 2.24) is 0 Å². The van der Waals surface area contributed by atoms with E-state index < -0.39 is 22.8 Å². The molecule has 32 heavy (non-hydrogen) atoms. The SMILES string of the molecule is CC(C)(CCCCc1ccc(C=Cc2ccc(CCCCC(C)(C)C(=O)O)s2)s1)C(=O)O. The second kappa shape index (κ2) is 11.8. The molecule has 0 aliphatic rings. The van der Waals surface area contributed by atoms with Gasteiger partial charge in [0.25, 0.3) is 0 Å². The quantitative estimate of drug-likeness (QED) is 0.275. The standard InChI is InChI=1S/C26H36O4S2/c1-25(2,23(27)28)17-7-5-9-19-11-13-21(31-19)15-16-22-14-12-20(32-22)10-6-8-18-26(3,4)24(29)30/h11-16H,5-10,17-18H2,1-4H3,(H,27,28)(H,29,30). The van der Waals surface area contributed by atoms with Crippen molar-refractivity contribution >= 4 is 46.8 Å². The minimum absolute atomic E-state index is 0.641. The average Bonchev–Trinajstić information content (AvgIpc) is 3.36. The number of carbonyl (C=O) groups is 2. The highest BCUT2D eigenvalue weighted by molar-refractivity contribution is 7.13. The molecular weight excluding hydrogens is 440 g/mol. The molecule has 4 nitrogen and oxygen atoms in total. The van der Waals surface area contributed by atoms with Gasteiger partial charge in [0.05, 0.1) is 10.8 Å². The van der Waals surface area contributed by atoms with E-state index in [4.69, 9.17) is 0 Å². The molecule has 0 unspecified atom stereocenters. The lowest BCUT2D eigenvalue weighted by molar-refractivity contribution is -0.148. The van der Waals surface area contributed by atoms with Gasteiger partial charge in [0.15, 0.2) is 0 Å². The summed E-state index contributed by atoms with van der Waals surface area (Å²) in [6.07, 6.45) is 11.6. The number of carboxylic acids is 2. The number of aryl methyl sites for hydroxylation is 2. The summed E-state index contributed by atoms with van der Waals surface area (Å²) in [6, 6.07) is 8.64. The van der Waals surface area contributed by atoms with Crippen molar-refractivity contribution in [3.05, 3.63) is 43.8 Å². The summed E-state index contributed by atoms with van der Waals surface area (Å²) < 4.78 is 0. The van der Waals surface area contributed by atoms with Gasteiger partial charge in [-0.15, -0.1) is 22.7 Å². The van der Waals surface area contributed by atoms with Crippen molar-refractivity contribution in [3.63, 3.8) is 0 Å². The molecule has 0 saturated heterocycles. The van der Waals surface area contributed by atoms with E-state index in [2.05, 4.69) is 36.4 Å². The maximum atomic E-state index is 11.2. The zero-order valence-electron chi connectivity index (χ0n) is 19.6. The lowest BCUT2D eigenvalue weighted by atomic mass is 9.87. The smallest absolute Gasteiger partial charge is 0.309 e. The third-order valence-corrected chi connectivity index (χ3v) is 8.11. The Bertz CT molecular complexity index is 844. The fourth-order valence-corrected chi connectivity index (χ4v) is 5.26. The van der Waals surface area contributed by atoms with Gasteiger partial charge in [0.2, 0.25) is 0 Å². The van der Waals surface area contributed by atoms with Gasteiger partial charge in [-0.3, -0.25) is 9.59 Å². The summed E-state index contributed by atoms with van der Waals surface area (Å²) in [5, 5.41) is 18.4. The Balaban J connectivity index is 1.74. The summed E-state index contributed by atoms with van der Waals surface area (Å²) in [7, 11) is 0. The van der Waals surface area contributed by atoms with E-state index in [1.54, 1.807) is 50.4 Å². The molecule has 0 aliphatic carbocycles. The molecule has 0 saturated carbocycles. The molecule has 0 aliphatic heterocycles. The van der Waals surface area contributed by atoms with Crippen LogP contribution >= 0.6 is 22.7 Å². The molecule has 2 N–H and O–H groups in total. The van der Waals surface area contributed by atoms with Gasteiger partial charge in [-0.05, 0) is 103 Å². The van der Waals surface area contributed by atoms with Crippen molar-refractivity contribution in [2.24, 2.45) is 10.8 Å². The Morgan fingerprint density at radius 2 is 1.09 bits per heavy atom. The molecule has 0 amide bonds. The summed E-state index contributed by atoms with van der Waals surface area (Å²) in [4.78, 5) is 27.5. The molecule has 0 radical (unpaired) electrons. The van der Waals surface area contributed by atoms with Crippen LogP contribution in [-0.4, -0.2) is 22.2 Å². The molecule has 0 atom stereocenters. The third-order valence-electron chi connectivity index (χ3n) is 5.88. The van der Waals surface area contributed by atoms with Crippen molar-refractivity contribution < 1.29 is 19.8 Å². The van der Waals surface area contributed by atoms with E-state index in [1.165, 1.54) is 19.5 Å². The molecule has 0 aromatic carbocycles. The van der Waals surface area contributed by atoms with Gasteiger partial charge in [0.1, 0.15) is 0 Å². The lowest BCUT2D eigenvalue weighted by Gasteiger charge is -2.18. The van der Waals surface area contributed by atoms with Crippen LogP contribution in [0.25, 0.3) is 12.2 Å². The number of hydrogen-bond donors (Lipinski definition) is 2. The van der Waals surface area contributed by atoms with Crippen molar-refractivity contribution in [2.75, 3.05) is 0 Å². The van der Waals surface area contributed by atoms with Crippen LogP contribution in [0.1, 0.15) is 85.7 Å². The second-order valence-corrected chi connectivity index (χ2v) is 12.1. The minimum atomic E-state index is -0.722. The highest BCUT2D eigenvalue weighted by Gasteiger charge is 2.26. The van der Waals surface area contributed by atoms with Gasteiger partial charge < -0.3 is 10.2 Å². The zero-order chi connectivity index (χ0) is 23.8. The molecule has 0 bridgehead atoms. The number of aliphatic carboxylic acids is 2. The van der Waals surface area contributed by atoms with Gasteiger partial charge >= 0.3 is 11.9 Å². The maximum Gasteiger partial charge on any atom is 0.309 e. The minimum Gasteiger partial charge on any atom is -0.481 e. The monoisotopic (exact) mass is 476 g/mol. The number of thiophene rings is 2. The molecule has 0 spiro atoms. The Labute approximate surface area is 200 Å². The van der Waals surface area contributed by atoms with E-state index in [0.29, 0.717) is 12.8 Å². The topological polar surface area (TPSA) is 74.6 Å². The lowest BCUT2D eigenvalue weighted by Crippen LogP contribution is -2.23. The van der Waals surface area contributed by atoms with Crippen LogP contribution in [0.5, 0.6) is 0 Å². The normalized spacial score (nSPS) is 12.5. The molecule has 176 valence electrons. The average molecular weight is 477 g/mol. The van der Waals surface area contributed by atoms with Crippen LogP contribution in [0.4, 0.5) is 0 Å². The summed E-state index contributed by atoms with van der Waals surface area (Å²) >= 11 is 3.60. The van der Waals surface area contributed by atoms with Crippen LogP contribution in [0.2, 0.25) is 0 Å². The molecular formula is C26H36O4S2. The summed E-state index contributed by atoms with van der Waals surface area (Å²) in [5.74, 6) is -1.44. The predicted molar refractivity (Wildman–Crippen MR) is 136 cm³/mol. The molecule has 0 fully saturated rings. The molecule has 6 heteroatoms. The van der Waals surface area contributed by atoms with Gasteiger partial charge in [-0.25, -0.2) is 0 Å². The fourth-order valence-electron chi connectivity index (χ4n) is 3.35. The van der Waals surface area contributed by atoms with E-state index in [1.807, 2.05) is 0 Å². The van der Waals surface area contributed by atoms with Crippen LogP contribution in [0.15, 0.2) is 24.3 Å².